The van der Waals surface area contributed by atoms with Gasteiger partial charge in [-0.15, -0.1) is 0 Å². The molecule has 0 amide bonds. The molecule has 0 fully saturated rings. The molecule has 1 aliphatic carbocycles. The summed E-state index contributed by atoms with van der Waals surface area (Å²) in [5.41, 5.74) is 3.44. The minimum atomic E-state index is -0.490. The Morgan fingerprint density at radius 3 is 2.47 bits per heavy atom. The standard InChI is InChI=1S/C11H12N2O2/c1-7-3-2-4-8-5-10(12-14)11(13-15)6-9(7)8/h2-4,10-11H,5-6H2,1H3. The van der Waals surface area contributed by atoms with Gasteiger partial charge >= 0.3 is 0 Å². The number of hydrogen-bond acceptors (Lipinski definition) is 4. The van der Waals surface area contributed by atoms with Gasteiger partial charge in [-0.3, -0.25) is 0 Å². The topological polar surface area (TPSA) is 58.9 Å². The van der Waals surface area contributed by atoms with Crippen molar-refractivity contribution in [2.75, 3.05) is 0 Å². The number of benzene rings is 1. The van der Waals surface area contributed by atoms with Crippen LogP contribution in [0.5, 0.6) is 0 Å². The molecule has 0 heterocycles. The van der Waals surface area contributed by atoms with Gasteiger partial charge in [-0.1, -0.05) is 28.6 Å². The fourth-order valence-corrected chi connectivity index (χ4v) is 2.17. The molecule has 4 nitrogen and oxygen atoms in total. The molecule has 0 saturated heterocycles. The fraction of sp³-hybridized carbons (Fsp3) is 0.455. The number of nitroso groups, excluding NO2 is 2. The van der Waals surface area contributed by atoms with Crippen molar-refractivity contribution in [3.63, 3.8) is 0 Å². The molecular weight excluding hydrogens is 192 g/mol. The normalized spacial score (nSPS) is 24.3. The molecule has 78 valence electrons. The van der Waals surface area contributed by atoms with Crippen LogP contribution in [0.2, 0.25) is 0 Å². The van der Waals surface area contributed by atoms with E-state index in [0.717, 1.165) is 16.7 Å². The van der Waals surface area contributed by atoms with Gasteiger partial charge < -0.3 is 0 Å². The van der Waals surface area contributed by atoms with E-state index in [2.05, 4.69) is 10.4 Å². The van der Waals surface area contributed by atoms with Crippen LogP contribution in [0.25, 0.3) is 0 Å². The van der Waals surface area contributed by atoms with Crippen molar-refractivity contribution in [3.05, 3.63) is 44.7 Å². The van der Waals surface area contributed by atoms with Crippen LogP contribution in [-0.4, -0.2) is 12.1 Å². The SMILES string of the molecule is Cc1cccc2c1CC(N=O)C(N=O)C2. The average Bonchev–Trinajstić information content (AvgIpc) is 2.28. The minimum Gasteiger partial charge on any atom is -0.150 e. The number of fused-ring (bicyclic) bond motifs is 1. The van der Waals surface area contributed by atoms with E-state index in [1.165, 1.54) is 0 Å². The minimum absolute atomic E-state index is 0.489. The zero-order valence-electron chi connectivity index (χ0n) is 8.51. The van der Waals surface area contributed by atoms with Crippen molar-refractivity contribution < 1.29 is 0 Å². The number of nitrogens with zero attached hydrogens (tertiary/aromatic N) is 2. The molecule has 0 aromatic heterocycles. The lowest BCUT2D eigenvalue weighted by molar-refractivity contribution is 0.490. The highest BCUT2D eigenvalue weighted by Crippen LogP contribution is 2.27. The van der Waals surface area contributed by atoms with Gasteiger partial charge in [-0.2, -0.15) is 9.81 Å². The van der Waals surface area contributed by atoms with Crippen LogP contribution in [-0.2, 0) is 12.8 Å². The summed E-state index contributed by atoms with van der Waals surface area (Å²) in [6, 6.07) is 4.98. The summed E-state index contributed by atoms with van der Waals surface area (Å²) in [6.07, 6.45) is 1.08. The third-order valence-electron chi connectivity index (χ3n) is 3.06. The predicted octanol–water partition coefficient (Wildman–Crippen LogP) is 2.36. The summed E-state index contributed by atoms with van der Waals surface area (Å²) in [5.74, 6) is 0. The Bertz CT molecular complexity index is 404. The van der Waals surface area contributed by atoms with E-state index in [9.17, 15) is 9.81 Å². The molecule has 0 saturated carbocycles. The molecule has 0 N–H and O–H groups in total. The highest BCUT2D eigenvalue weighted by molar-refractivity contribution is 5.38. The molecule has 2 unspecified atom stereocenters. The zero-order chi connectivity index (χ0) is 10.8. The summed E-state index contributed by atoms with van der Waals surface area (Å²) in [7, 11) is 0. The van der Waals surface area contributed by atoms with Crippen molar-refractivity contribution in [1.29, 1.82) is 0 Å². The first-order chi connectivity index (χ1) is 7.26. The molecule has 0 bridgehead atoms. The Balaban J connectivity index is 2.41. The lowest BCUT2D eigenvalue weighted by Gasteiger charge is -2.25. The second-order valence-corrected chi connectivity index (χ2v) is 3.97. The van der Waals surface area contributed by atoms with Gasteiger partial charge in [0.25, 0.3) is 0 Å². The maximum absolute atomic E-state index is 10.6. The molecule has 0 aliphatic heterocycles. The third kappa shape index (κ3) is 1.67. The first-order valence-electron chi connectivity index (χ1n) is 4.98. The van der Waals surface area contributed by atoms with Crippen LogP contribution in [0, 0.1) is 16.7 Å². The summed E-state index contributed by atoms with van der Waals surface area (Å²) < 4.78 is 0. The molecule has 0 radical (unpaired) electrons. The van der Waals surface area contributed by atoms with Crippen molar-refractivity contribution in [2.24, 2.45) is 10.4 Å². The van der Waals surface area contributed by atoms with E-state index < -0.39 is 12.1 Å². The second kappa shape index (κ2) is 3.88. The van der Waals surface area contributed by atoms with Crippen LogP contribution in [0.1, 0.15) is 16.7 Å². The van der Waals surface area contributed by atoms with E-state index in [4.69, 9.17) is 0 Å². The number of rotatable bonds is 2. The number of hydrogen-bond donors (Lipinski definition) is 0. The molecule has 15 heavy (non-hydrogen) atoms. The average molecular weight is 204 g/mol. The van der Waals surface area contributed by atoms with E-state index in [1.807, 2.05) is 25.1 Å². The van der Waals surface area contributed by atoms with Crippen LogP contribution >= 0.6 is 0 Å². The summed E-state index contributed by atoms with van der Waals surface area (Å²) in [6.45, 7) is 2.01. The quantitative estimate of drug-likeness (QED) is 0.694. The maximum atomic E-state index is 10.6. The number of aryl methyl sites for hydroxylation is 1. The van der Waals surface area contributed by atoms with Gasteiger partial charge in [-0.05, 0) is 23.6 Å². The van der Waals surface area contributed by atoms with Gasteiger partial charge in [0.2, 0.25) is 0 Å². The van der Waals surface area contributed by atoms with Crippen molar-refractivity contribution >= 4 is 0 Å². The van der Waals surface area contributed by atoms with Gasteiger partial charge in [0.05, 0.1) is 0 Å². The molecule has 1 aromatic rings. The Labute approximate surface area is 87.6 Å². The van der Waals surface area contributed by atoms with Crippen LogP contribution in [0.4, 0.5) is 0 Å². The Hall–Kier alpha value is -1.58. The second-order valence-electron chi connectivity index (χ2n) is 3.97. The molecule has 2 atom stereocenters. The summed E-state index contributed by atoms with van der Waals surface area (Å²) >= 11 is 0. The lowest BCUT2D eigenvalue weighted by Crippen LogP contribution is -2.32. The summed E-state index contributed by atoms with van der Waals surface area (Å²) in [5, 5.41) is 5.98. The largest absolute Gasteiger partial charge is 0.150 e. The highest BCUT2D eigenvalue weighted by atomic mass is 16.3. The fourth-order valence-electron chi connectivity index (χ4n) is 2.17. The molecule has 4 heteroatoms. The monoisotopic (exact) mass is 204 g/mol. The van der Waals surface area contributed by atoms with Gasteiger partial charge in [0.1, 0.15) is 12.1 Å². The Kier molecular flexibility index (Phi) is 2.58. The zero-order valence-corrected chi connectivity index (χ0v) is 8.51. The summed E-state index contributed by atoms with van der Waals surface area (Å²) in [4.78, 5) is 21.2. The molecule has 1 aromatic carbocycles. The third-order valence-corrected chi connectivity index (χ3v) is 3.06. The smallest absolute Gasteiger partial charge is 0.122 e. The van der Waals surface area contributed by atoms with Gasteiger partial charge in [-0.25, -0.2) is 0 Å². The molecular formula is C11H12N2O2. The van der Waals surface area contributed by atoms with Gasteiger partial charge in [0, 0.05) is 12.8 Å². The van der Waals surface area contributed by atoms with Crippen LogP contribution < -0.4 is 0 Å². The first-order valence-corrected chi connectivity index (χ1v) is 4.98. The van der Waals surface area contributed by atoms with E-state index in [0.29, 0.717) is 12.8 Å². The van der Waals surface area contributed by atoms with Crippen molar-refractivity contribution in [2.45, 2.75) is 31.8 Å². The Morgan fingerprint density at radius 2 is 1.80 bits per heavy atom. The molecule has 2 rings (SSSR count). The maximum Gasteiger partial charge on any atom is 0.122 e. The van der Waals surface area contributed by atoms with Crippen LogP contribution in [0.3, 0.4) is 0 Å². The molecule has 1 aliphatic rings. The Morgan fingerprint density at radius 1 is 1.13 bits per heavy atom. The van der Waals surface area contributed by atoms with E-state index >= 15 is 0 Å². The predicted molar refractivity (Wildman–Crippen MR) is 57.8 cm³/mol. The van der Waals surface area contributed by atoms with Crippen LogP contribution in [0.15, 0.2) is 28.6 Å². The van der Waals surface area contributed by atoms with E-state index in [-0.39, 0.29) is 0 Å². The lowest BCUT2D eigenvalue weighted by atomic mass is 9.83. The van der Waals surface area contributed by atoms with Crippen molar-refractivity contribution in [1.82, 2.24) is 0 Å². The molecule has 0 spiro atoms. The highest BCUT2D eigenvalue weighted by Gasteiger charge is 2.30. The van der Waals surface area contributed by atoms with Gasteiger partial charge in [0.15, 0.2) is 0 Å². The van der Waals surface area contributed by atoms with E-state index in [1.54, 1.807) is 0 Å². The first kappa shape index (κ1) is 9.96. The van der Waals surface area contributed by atoms with Crippen molar-refractivity contribution in [3.8, 4) is 0 Å².